The second-order valence-corrected chi connectivity index (χ2v) is 5.97. The number of ether oxygens (including phenoxy) is 1. The van der Waals surface area contributed by atoms with Gasteiger partial charge in [-0.15, -0.1) is 0 Å². The summed E-state index contributed by atoms with van der Waals surface area (Å²) >= 11 is 9.82. The lowest BCUT2D eigenvalue weighted by molar-refractivity contribution is 0.481. The molecule has 0 heterocycles. The molecule has 0 aliphatic heterocycles. The highest BCUT2D eigenvalue weighted by atomic mass is 79.9. The van der Waals surface area contributed by atoms with Gasteiger partial charge in [-0.25, -0.2) is 0 Å². The van der Waals surface area contributed by atoms with Crippen molar-refractivity contribution < 1.29 is 4.74 Å². The minimum atomic E-state index is 0.621. The summed E-state index contributed by atoms with van der Waals surface area (Å²) in [6, 6.07) is 9.83. The fourth-order valence-electron chi connectivity index (χ4n) is 2.03. The lowest BCUT2D eigenvalue weighted by atomic mass is 10.1. The molecule has 0 atom stereocenters. The highest BCUT2D eigenvalue weighted by Gasteiger charge is 2.07. The number of hydrogen-bond donors (Lipinski definition) is 1. The monoisotopic (exact) mass is 353 g/mol. The van der Waals surface area contributed by atoms with Crippen LogP contribution in [0.15, 0.2) is 34.8 Å². The number of aryl methyl sites for hydroxylation is 2. The Morgan fingerprint density at radius 3 is 2.35 bits per heavy atom. The summed E-state index contributed by atoms with van der Waals surface area (Å²) in [5, 5.41) is 3.72. The van der Waals surface area contributed by atoms with Crippen LogP contribution in [0, 0.1) is 13.8 Å². The molecule has 0 radical (unpaired) electrons. The maximum Gasteiger partial charge on any atom is 0.146 e. The Labute approximate surface area is 133 Å². The SMILES string of the molecule is CNCc1ccc(Oc2cc(C)c(Br)c(C)c2)c(Cl)c1. The van der Waals surface area contributed by atoms with E-state index in [1.54, 1.807) is 0 Å². The smallest absolute Gasteiger partial charge is 0.146 e. The fourth-order valence-corrected chi connectivity index (χ4v) is 2.50. The topological polar surface area (TPSA) is 21.3 Å². The van der Waals surface area contributed by atoms with E-state index in [0.717, 1.165) is 33.5 Å². The number of rotatable bonds is 4. The molecule has 0 saturated carbocycles. The van der Waals surface area contributed by atoms with Crippen molar-refractivity contribution in [3.8, 4) is 11.5 Å². The first-order valence-corrected chi connectivity index (χ1v) is 7.56. The van der Waals surface area contributed by atoms with Crippen LogP contribution in [0.25, 0.3) is 0 Å². The van der Waals surface area contributed by atoms with Gasteiger partial charge in [0.25, 0.3) is 0 Å². The molecular formula is C16H17BrClNO. The summed E-state index contributed by atoms with van der Waals surface area (Å²) in [5.41, 5.74) is 3.42. The van der Waals surface area contributed by atoms with Gasteiger partial charge >= 0.3 is 0 Å². The standard InChI is InChI=1S/C16H17BrClNO/c1-10-6-13(7-11(2)16(10)17)20-15-5-4-12(9-19-3)8-14(15)18/h4-8,19H,9H2,1-3H3. The van der Waals surface area contributed by atoms with Crippen LogP contribution in [-0.4, -0.2) is 7.05 Å². The van der Waals surface area contributed by atoms with Crippen molar-refractivity contribution in [2.75, 3.05) is 7.05 Å². The normalized spacial score (nSPS) is 10.7. The Bertz CT molecular complexity index is 605. The molecule has 0 aliphatic rings. The van der Waals surface area contributed by atoms with Gasteiger partial charge in [-0.2, -0.15) is 0 Å². The third-order valence-electron chi connectivity index (χ3n) is 3.01. The summed E-state index contributed by atoms with van der Waals surface area (Å²) in [6.07, 6.45) is 0. The predicted molar refractivity (Wildman–Crippen MR) is 87.9 cm³/mol. The minimum Gasteiger partial charge on any atom is -0.456 e. The summed E-state index contributed by atoms with van der Waals surface area (Å²) < 4.78 is 7.00. The van der Waals surface area contributed by atoms with Crippen LogP contribution in [0.5, 0.6) is 11.5 Å². The van der Waals surface area contributed by atoms with Crippen molar-refractivity contribution in [2.45, 2.75) is 20.4 Å². The van der Waals surface area contributed by atoms with Gasteiger partial charge in [-0.1, -0.05) is 33.6 Å². The summed E-state index contributed by atoms with van der Waals surface area (Å²) in [6.45, 7) is 4.87. The van der Waals surface area contributed by atoms with Crippen molar-refractivity contribution in [2.24, 2.45) is 0 Å². The molecule has 2 aromatic rings. The molecule has 0 amide bonds. The van der Waals surface area contributed by atoms with E-state index in [2.05, 4.69) is 21.2 Å². The van der Waals surface area contributed by atoms with E-state index in [1.807, 2.05) is 51.2 Å². The zero-order chi connectivity index (χ0) is 14.7. The first-order chi connectivity index (χ1) is 9.51. The van der Waals surface area contributed by atoms with Gasteiger partial charge in [0.1, 0.15) is 11.5 Å². The highest BCUT2D eigenvalue weighted by molar-refractivity contribution is 9.10. The molecule has 2 nitrogen and oxygen atoms in total. The predicted octanol–water partition coefficient (Wildman–Crippen LogP) is 5.23. The van der Waals surface area contributed by atoms with E-state index in [0.29, 0.717) is 10.8 Å². The van der Waals surface area contributed by atoms with E-state index in [-0.39, 0.29) is 0 Å². The summed E-state index contributed by atoms with van der Waals surface area (Å²) in [4.78, 5) is 0. The van der Waals surface area contributed by atoms with E-state index >= 15 is 0 Å². The average molecular weight is 355 g/mol. The highest BCUT2D eigenvalue weighted by Crippen LogP contribution is 2.33. The molecule has 0 spiro atoms. The molecule has 2 aromatic carbocycles. The second kappa shape index (κ2) is 6.61. The van der Waals surface area contributed by atoms with Gasteiger partial charge in [0.2, 0.25) is 0 Å². The second-order valence-electron chi connectivity index (χ2n) is 4.77. The van der Waals surface area contributed by atoms with Crippen molar-refractivity contribution >= 4 is 27.5 Å². The molecule has 1 N–H and O–H groups in total. The molecule has 0 fully saturated rings. The molecule has 0 saturated heterocycles. The van der Waals surface area contributed by atoms with Crippen molar-refractivity contribution in [1.29, 1.82) is 0 Å². The van der Waals surface area contributed by atoms with Gasteiger partial charge in [-0.3, -0.25) is 0 Å². The maximum atomic E-state index is 6.26. The van der Waals surface area contributed by atoms with Crippen LogP contribution < -0.4 is 10.1 Å². The van der Waals surface area contributed by atoms with E-state index in [4.69, 9.17) is 16.3 Å². The van der Waals surface area contributed by atoms with E-state index < -0.39 is 0 Å². The van der Waals surface area contributed by atoms with Crippen LogP contribution in [-0.2, 0) is 6.54 Å². The summed E-state index contributed by atoms with van der Waals surface area (Å²) in [7, 11) is 1.91. The third kappa shape index (κ3) is 3.54. The molecule has 2 rings (SSSR count). The van der Waals surface area contributed by atoms with Gasteiger partial charge in [0.05, 0.1) is 5.02 Å². The number of halogens is 2. The molecular weight excluding hydrogens is 338 g/mol. The Hall–Kier alpha value is -1.03. The van der Waals surface area contributed by atoms with E-state index in [1.165, 1.54) is 0 Å². The number of benzene rings is 2. The molecule has 106 valence electrons. The average Bonchev–Trinajstić information content (AvgIpc) is 2.39. The summed E-state index contributed by atoms with van der Waals surface area (Å²) in [5.74, 6) is 1.47. The van der Waals surface area contributed by atoms with Gasteiger partial charge < -0.3 is 10.1 Å². The Morgan fingerprint density at radius 2 is 1.80 bits per heavy atom. The van der Waals surface area contributed by atoms with Crippen molar-refractivity contribution in [1.82, 2.24) is 5.32 Å². The molecule has 0 aromatic heterocycles. The minimum absolute atomic E-state index is 0.621. The van der Waals surface area contributed by atoms with Gasteiger partial charge in [0.15, 0.2) is 0 Å². The Balaban J connectivity index is 2.26. The zero-order valence-electron chi connectivity index (χ0n) is 11.8. The Kier molecular flexibility index (Phi) is 5.08. The van der Waals surface area contributed by atoms with Gasteiger partial charge in [-0.05, 0) is 61.9 Å². The molecule has 20 heavy (non-hydrogen) atoms. The van der Waals surface area contributed by atoms with E-state index in [9.17, 15) is 0 Å². The molecule has 0 bridgehead atoms. The van der Waals surface area contributed by atoms with Crippen LogP contribution in [0.3, 0.4) is 0 Å². The molecule has 4 heteroatoms. The van der Waals surface area contributed by atoms with Crippen molar-refractivity contribution in [3.63, 3.8) is 0 Å². The zero-order valence-corrected chi connectivity index (χ0v) is 14.1. The van der Waals surface area contributed by atoms with Crippen molar-refractivity contribution in [3.05, 3.63) is 56.5 Å². The first kappa shape index (κ1) is 15.4. The number of hydrogen-bond acceptors (Lipinski definition) is 2. The molecule has 0 aliphatic carbocycles. The quantitative estimate of drug-likeness (QED) is 0.811. The largest absolute Gasteiger partial charge is 0.456 e. The molecule has 0 unspecified atom stereocenters. The third-order valence-corrected chi connectivity index (χ3v) is 4.56. The maximum absolute atomic E-state index is 6.26. The number of nitrogens with one attached hydrogen (secondary N) is 1. The van der Waals surface area contributed by atoms with Gasteiger partial charge in [0, 0.05) is 11.0 Å². The first-order valence-electron chi connectivity index (χ1n) is 6.39. The van der Waals surface area contributed by atoms with Crippen LogP contribution in [0.4, 0.5) is 0 Å². The lowest BCUT2D eigenvalue weighted by Crippen LogP contribution is -2.04. The van der Waals surface area contributed by atoms with Crippen LogP contribution in [0.2, 0.25) is 5.02 Å². The Morgan fingerprint density at radius 1 is 1.15 bits per heavy atom. The van der Waals surface area contributed by atoms with Crippen LogP contribution >= 0.6 is 27.5 Å². The van der Waals surface area contributed by atoms with Crippen LogP contribution in [0.1, 0.15) is 16.7 Å². The fraction of sp³-hybridized carbons (Fsp3) is 0.250. The lowest BCUT2D eigenvalue weighted by Gasteiger charge is -2.12.